The summed E-state index contributed by atoms with van der Waals surface area (Å²) in [5.74, 6) is -0.303. The molecule has 0 N–H and O–H groups in total. The molecule has 0 radical (unpaired) electrons. The first-order valence-electron chi connectivity index (χ1n) is 7.45. The van der Waals surface area contributed by atoms with E-state index in [4.69, 9.17) is 23.2 Å². The van der Waals surface area contributed by atoms with Gasteiger partial charge in [-0.3, -0.25) is 9.69 Å². The monoisotopic (exact) mass is 368 g/mol. The maximum atomic E-state index is 12.9. The van der Waals surface area contributed by atoms with Crippen molar-refractivity contribution in [3.05, 3.63) is 69.5 Å². The first-order valence-corrected chi connectivity index (χ1v) is 8.21. The quantitative estimate of drug-likeness (QED) is 0.761. The minimum Gasteiger partial charge on any atom is -0.340 e. The van der Waals surface area contributed by atoms with Crippen LogP contribution in [0.25, 0.3) is 0 Å². The highest BCUT2D eigenvalue weighted by atomic mass is 35.5. The predicted octanol–water partition coefficient (Wildman–Crippen LogP) is 4.22. The van der Waals surface area contributed by atoms with Gasteiger partial charge in [0.2, 0.25) is 5.91 Å². The van der Waals surface area contributed by atoms with Gasteiger partial charge >= 0.3 is 0 Å². The van der Waals surface area contributed by atoms with Gasteiger partial charge in [0.05, 0.1) is 6.54 Å². The lowest BCUT2D eigenvalue weighted by Gasteiger charge is -2.22. The number of nitrogens with zero attached hydrogens (tertiary/aromatic N) is 2. The molecular formula is C18H19Cl2FN2O. The topological polar surface area (TPSA) is 23.6 Å². The van der Waals surface area contributed by atoms with Crippen molar-refractivity contribution in [1.82, 2.24) is 9.80 Å². The Labute approximate surface area is 151 Å². The largest absolute Gasteiger partial charge is 0.340 e. The molecule has 24 heavy (non-hydrogen) atoms. The van der Waals surface area contributed by atoms with E-state index < -0.39 is 0 Å². The van der Waals surface area contributed by atoms with Gasteiger partial charge in [-0.25, -0.2) is 4.39 Å². The lowest BCUT2D eigenvalue weighted by atomic mass is 10.2. The zero-order chi connectivity index (χ0) is 17.7. The van der Waals surface area contributed by atoms with Crippen LogP contribution < -0.4 is 0 Å². The van der Waals surface area contributed by atoms with Crippen LogP contribution in [0.2, 0.25) is 10.0 Å². The molecule has 1 amide bonds. The number of halogens is 3. The van der Waals surface area contributed by atoms with Crippen LogP contribution in [0.15, 0.2) is 42.5 Å². The van der Waals surface area contributed by atoms with Crippen molar-refractivity contribution < 1.29 is 9.18 Å². The van der Waals surface area contributed by atoms with Crippen molar-refractivity contribution in [2.75, 3.05) is 20.6 Å². The number of amides is 1. The van der Waals surface area contributed by atoms with Gasteiger partial charge in [0, 0.05) is 30.2 Å². The van der Waals surface area contributed by atoms with Gasteiger partial charge in [0.1, 0.15) is 5.82 Å². The number of benzene rings is 2. The summed E-state index contributed by atoms with van der Waals surface area (Å²) in [5.41, 5.74) is 1.83. The van der Waals surface area contributed by atoms with Gasteiger partial charge in [-0.2, -0.15) is 0 Å². The average Bonchev–Trinajstić information content (AvgIpc) is 2.48. The van der Waals surface area contributed by atoms with Crippen molar-refractivity contribution in [1.29, 1.82) is 0 Å². The third kappa shape index (κ3) is 5.78. The fraction of sp³-hybridized carbons (Fsp3) is 0.278. The summed E-state index contributed by atoms with van der Waals surface area (Å²) < 4.78 is 12.9. The summed E-state index contributed by atoms with van der Waals surface area (Å²) >= 11 is 12.0. The van der Waals surface area contributed by atoms with Crippen LogP contribution in [0.3, 0.4) is 0 Å². The summed E-state index contributed by atoms with van der Waals surface area (Å²) in [6, 6.07) is 11.5. The second-order valence-corrected chi connectivity index (χ2v) is 6.70. The summed E-state index contributed by atoms with van der Waals surface area (Å²) in [7, 11) is 3.59. The third-order valence-electron chi connectivity index (χ3n) is 3.54. The first kappa shape index (κ1) is 18.7. The number of carbonyl (C=O) groups excluding carboxylic acids is 1. The maximum absolute atomic E-state index is 12.9. The molecule has 0 unspecified atom stereocenters. The fourth-order valence-corrected chi connectivity index (χ4v) is 2.94. The SMILES string of the molecule is CN(CC(=O)N(C)Cc1ccc(F)cc1)Cc1cc(Cl)cc(Cl)c1. The number of hydrogen-bond acceptors (Lipinski definition) is 2. The molecule has 2 aromatic carbocycles. The van der Waals surface area contributed by atoms with E-state index in [0.717, 1.165) is 11.1 Å². The lowest BCUT2D eigenvalue weighted by molar-refractivity contribution is -0.131. The predicted molar refractivity (Wildman–Crippen MR) is 95.7 cm³/mol. The zero-order valence-corrected chi connectivity index (χ0v) is 15.1. The zero-order valence-electron chi connectivity index (χ0n) is 13.6. The highest BCUT2D eigenvalue weighted by Gasteiger charge is 2.13. The van der Waals surface area contributed by atoms with Crippen LogP contribution in [0, 0.1) is 5.82 Å². The molecule has 0 heterocycles. The smallest absolute Gasteiger partial charge is 0.236 e. The molecule has 0 saturated heterocycles. The minimum atomic E-state index is -0.285. The van der Waals surface area contributed by atoms with Crippen LogP contribution in [0.5, 0.6) is 0 Å². The Morgan fingerprint density at radius 1 is 0.958 bits per heavy atom. The molecule has 0 atom stereocenters. The van der Waals surface area contributed by atoms with Crippen LogP contribution in [0.1, 0.15) is 11.1 Å². The molecule has 128 valence electrons. The van der Waals surface area contributed by atoms with Gasteiger partial charge in [0.25, 0.3) is 0 Å². The molecule has 2 rings (SSSR count). The molecular weight excluding hydrogens is 350 g/mol. The molecule has 0 fully saturated rings. The molecule has 0 bridgehead atoms. The maximum Gasteiger partial charge on any atom is 0.236 e. The Balaban J connectivity index is 1.89. The number of carbonyl (C=O) groups is 1. The van der Waals surface area contributed by atoms with Gasteiger partial charge in [0.15, 0.2) is 0 Å². The Bertz CT molecular complexity index is 686. The summed E-state index contributed by atoms with van der Waals surface area (Å²) in [5, 5.41) is 1.15. The van der Waals surface area contributed by atoms with Crippen molar-refractivity contribution in [3.63, 3.8) is 0 Å². The highest BCUT2D eigenvalue weighted by Crippen LogP contribution is 2.20. The number of likely N-dealkylation sites (N-methyl/N-ethyl adjacent to an activating group) is 2. The van der Waals surface area contributed by atoms with E-state index in [1.165, 1.54) is 12.1 Å². The Morgan fingerprint density at radius 3 is 2.12 bits per heavy atom. The Hall–Kier alpha value is -1.62. The summed E-state index contributed by atoms with van der Waals surface area (Å²) in [6.45, 7) is 1.27. The van der Waals surface area contributed by atoms with Crippen LogP contribution in [0.4, 0.5) is 4.39 Å². The van der Waals surface area contributed by atoms with Crippen molar-refractivity contribution in [3.8, 4) is 0 Å². The van der Waals surface area contributed by atoms with E-state index in [0.29, 0.717) is 23.1 Å². The lowest BCUT2D eigenvalue weighted by Crippen LogP contribution is -2.36. The third-order valence-corrected chi connectivity index (χ3v) is 3.98. The van der Waals surface area contributed by atoms with E-state index in [-0.39, 0.29) is 18.3 Å². The second-order valence-electron chi connectivity index (χ2n) is 5.83. The Morgan fingerprint density at radius 2 is 1.54 bits per heavy atom. The van der Waals surface area contributed by atoms with E-state index in [9.17, 15) is 9.18 Å². The molecule has 0 aliphatic carbocycles. The van der Waals surface area contributed by atoms with Gasteiger partial charge < -0.3 is 4.90 Å². The van der Waals surface area contributed by atoms with Gasteiger partial charge in [-0.15, -0.1) is 0 Å². The van der Waals surface area contributed by atoms with E-state index in [1.807, 2.05) is 24.1 Å². The average molecular weight is 369 g/mol. The van der Waals surface area contributed by atoms with Crippen LogP contribution in [-0.4, -0.2) is 36.3 Å². The standard InChI is InChI=1S/C18H19Cl2FN2O/c1-22(10-14-7-15(19)9-16(20)8-14)12-18(24)23(2)11-13-3-5-17(21)6-4-13/h3-9H,10-12H2,1-2H3. The summed E-state index contributed by atoms with van der Waals surface area (Å²) in [4.78, 5) is 15.8. The fourth-order valence-electron chi connectivity index (χ4n) is 2.37. The Kier molecular flexibility index (Phi) is 6.60. The number of rotatable bonds is 6. The van der Waals surface area contributed by atoms with E-state index in [1.54, 1.807) is 30.1 Å². The van der Waals surface area contributed by atoms with Crippen molar-refractivity contribution >= 4 is 29.1 Å². The molecule has 0 saturated carbocycles. The first-order chi connectivity index (χ1) is 11.3. The highest BCUT2D eigenvalue weighted by molar-refractivity contribution is 6.34. The van der Waals surface area contributed by atoms with Gasteiger partial charge in [-0.1, -0.05) is 35.3 Å². The molecule has 0 aliphatic rings. The molecule has 3 nitrogen and oxygen atoms in total. The molecule has 2 aromatic rings. The second kappa shape index (κ2) is 8.47. The van der Waals surface area contributed by atoms with Crippen LogP contribution >= 0.6 is 23.2 Å². The van der Waals surface area contributed by atoms with Crippen molar-refractivity contribution in [2.24, 2.45) is 0 Å². The molecule has 0 aliphatic heterocycles. The molecule has 0 aromatic heterocycles. The van der Waals surface area contributed by atoms with Gasteiger partial charge in [-0.05, 0) is 48.5 Å². The normalized spacial score (nSPS) is 10.9. The van der Waals surface area contributed by atoms with Crippen molar-refractivity contribution in [2.45, 2.75) is 13.1 Å². The summed E-state index contributed by atoms with van der Waals surface area (Å²) in [6.07, 6.45) is 0. The number of hydrogen-bond donors (Lipinski definition) is 0. The minimum absolute atomic E-state index is 0.0186. The molecule has 0 spiro atoms. The molecule has 6 heteroatoms. The van der Waals surface area contributed by atoms with E-state index in [2.05, 4.69) is 0 Å². The van der Waals surface area contributed by atoms with E-state index >= 15 is 0 Å². The van der Waals surface area contributed by atoms with Crippen LogP contribution in [-0.2, 0) is 17.9 Å².